The predicted octanol–water partition coefficient (Wildman–Crippen LogP) is 5.51. The molecular weight excluding hydrogens is 456 g/mol. The number of aromatic nitrogens is 1. The van der Waals surface area contributed by atoms with Gasteiger partial charge in [0.05, 0.1) is 16.5 Å². The van der Waals surface area contributed by atoms with Gasteiger partial charge in [-0.1, -0.05) is 72.4 Å². The monoisotopic (exact) mass is 478 g/mol. The van der Waals surface area contributed by atoms with Gasteiger partial charge in [-0.05, 0) is 42.8 Å². The van der Waals surface area contributed by atoms with Gasteiger partial charge in [0, 0.05) is 22.4 Å². The van der Waals surface area contributed by atoms with Gasteiger partial charge in [0.15, 0.2) is 0 Å². The molecule has 0 aliphatic rings. The Morgan fingerprint density at radius 1 is 0.943 bits per heavy atom. The highest BCUT2D eigenvalue weighted by Gasteiger charge is 2.21. The Balaban J connectivity index is 1.66. The van der Waals surface area contributed by atoms with Crippen LogP contribution >= 0.6 is 11.8 Å². The van der Waals surface area contributed by atoms with Gasteiger partial charge in [0.2, 0.25) is 11.8 Å². The minimum atomic E-state index is -0.542. The Morgan fingerprint density at radius 2 is 1.54 bits per heavy atom. The van der Waals surface area contributed by atoms with E-state index in [2.05, 4.69) is 11.4 Å². The van der Waals surface area contributed by atoms with E-state index in [1.165, 1.54) is 11.8 Å². The van der Waals surface area contributed by atoms with Crippen molar-refractivity contribution in [2.45, 2.75) is 17.2 Å². The zero-order valence-corrected chi connectivity index (χ0v) is 19.8. The molecule has 0 spiro atoms. The van der Waals surface area contributed by atoms with Crippen LogP contribution in [-0.2, 0) is 4.79 Å². The fourth-order valence-electron chi connectivity index (χ4n) is 3.50. The summed E-state index contributed by atoms with van der Waals surface area (Å²) >= 11 is 1.23. The number of hydrogen-bond donors (Lipinski definition) is 2. The Hall–Kier alpha value is -4.41. The SMILES string of the molecule is CC(Sc1nc(-c2ccccc2)cc(-c2ccccc2)c1C#N)C(=O)Nc1ccc(C(N)=O)cc1. The van der Waals surface area contributed by atoms with Crippen LogP contribution in [0.3, 0.4) is 0 Å². The molecule has 0 radical (unpaired) electrons. The molecule has 0 aliphatic carbocycles. The van der Waals surface area contributed by atoms with Gasteiger partial charge in [0.1, 0.15) is 11.1 Å². The van der Waals surface area contributed by atoms with Crippen molar-refractivity contribution in [2.24, 2.45) is 5.73 Å². The Morgan fingerprint density at radius 3 is 2.11 bits per heavy atom. The zero-order chi connectivity index (χ0) is 24.8. The van der Waals surface area contributed by atoms with Crippen LogP contribution in [0.4, 0.5) is 5.69 Å². The van der Waals surface area contributed by atoms with Gasteiger partial charge in [-0.15, -0.1) is 0 Å². The summed E-state index contributed by atoms with van der Waals surface area (Å²) in [5, 5.41) is 12.8. The maximum Gasteiger partial charge on any atom is 0.248 e. The molecule has 3 N–H and O–H groups in total. The van der Waals surface area contributed by atoms with E-state index in [-0.39, 0.29) is 5.91 Å². The molecule has 3 aromatic carbocycles. The Labute approximate surface area is 207 Å². The second kappa shape index (κ2) is 10.7. The molecule has 1 unspecified atom stereocenters. The standard InChI is InChI=1S/C28H22N4O2S/c1-18(27(34)31-22-14-12-21(13-15-22)26(30)33)35-28-24(17-29)23(19-8-4-2-5-9-19)16-25(32-28)20-10-6-3-7-11-20/h2-16,18H,1H3,(H2,30,33)(H,31,34). The first-order chi connectivity index (χ1) is 17.0. The maximum atomic E-state index is 12.9. The summed E-state index contributed by atoms with van der Waals surface area (Å²) in [6, 6.07) is 30.0. The van der Waals surface area contributed by atoms with E-state index in [0.717, 1.165) is 22.4 Å². The number of carbonyl (C=O) groups excluding carboxylic acids is 2. The third-order valence-corrected chi connectivity index (χ3v) is 6.43. The molecule has 4 rings (SSSR count). The fraction of sp³-hybridized carbons (Fsp3) is 0.0714. The minimum absolute atomic E-state index is 0.251. The largest absolute Gasteiger partial charge is 0.366 e. The lowest BCUT2D eigenvalue weighted by molar-refractivity contribution is -0.115. The average Bonchev–Trinajstić information content (AvgIpc) is 2.89. The minimum Gasteiger partial charge on any atom is -0.366 e. The highest BCUT2D eigenvalue weighted by molar-refractivity contribution is 8.00. The number of pyridine rings is 1. The number of nitrogens with zero attached hydrogens (tertiary/aromatic N) is 2. The first-order valence-electron chi connectivity index (χ1n) is 10.9. The highest BCUT2D eigenvalue weighted by atomic mass is 32.2. The number of amides is 2. The van der Waals surface area contributed by atoms with E-state index in [0.29, 0.717) is 21.8 Å². The molecule has 0 bridgehead atoms. The highest BCUT2D eigenvalue weighted by Crippen LogP contribution is 2.35. The van der Waals surface area contributed by atoms with Crippen LogP contribution in [0, 0.1) is 11.3 Å². The second-order valence-electron chi connectivity index (χ2n) is 7.77. The first kappa shape index (κ1) is 23.7. The lowest BCUT2D eigenvalue weighted by Gasteiger charge is -2.16. The molecule has 172 valence electrons. The summed E-state index contributed by atoms with van der Waals surface area (Å²) in [7, 11) is 0. The third kappa shape index (κ3) is 5.57. The summed E-state index contributed by atoms with van der Waals surface area (Å²) in [5.41, 5.74) is 9.91. The number of carbonyl (C=O) groups is 2. The number of primary amides is 1. The average molecular weight is 479 g/mol. The number of rotatable bonds is 7. The van der Waals surface area contributed by atoms with E-state index < -0.39 is 11.2 Å². The molecule has 0 saturated carbocycles. The number of benzene rings is 3. The maximum absolute atomic E-state index is 12.9. The van der Waals surface area contributed by atoms with E-state index >= 15 is 0 Å². The summed E-state index contributed by atoms with van der Waals surface area (Å²) in [5.74, 6) is -0.784. The molecule has 4 aromatic rings. The molecule has 1 heterocycles. The summed E-state index contributed by atoms with van der Waals surface area (Å²) in [6.45, 7) is 1.76. The van der Waals surface area contributed by atoms with E-state index in [1.54, 1.807) is 31.2 Å². The summed E-state index contributed by atoms with van der Waals surface area (Å²) in [4.78, 5) is 28.9. The van der Waals surface area contributed by atoms with Gasteiger partial charge in [-0.25, -0.2) is 4.98 Å². The van der Waals surface area contributed by atoms with Crippen molar-refractivity contribution in [3.05, 3.63) is 102 Å². The van der Waals surface area contributed by atoms with Gasteiger partial charge >= 0.3 is 0 Å². The van der Waals surface area contributed by atoms with Crippen LogP contribution in [0.5, 0.6) is 0 Å². The van der Waals surface area contributed by atoms with E-state index in [1.807, 2.05) is 66.7 Å². The van der Waals surface area contributed by atoms with Crippen LogP contribution in [0.15, 0.2) is 96.0 Å². The predicted molar refractivity (Wildman–Crippen MR) is 139 cm³/mol. The Bertz CT molecular complexity index is 1400. The third-order valence-electron chi connectivity index (χ3n) is 5.35. The first-order valence-corrected chi connectivity index (χ1v) is 11.8. The lowest BCUT2D eigenvalue weighted by Crippen LogP contribution is -2.22. The zero-order valence-electron chi connectivity index (χ0n) is 18.9. The van der Waals surface area contributed by atoms with Crippen molar-refractivity contribution in [1.82, 2.24) is 4.98 Å². The number of nitriles is 1. The second-order valence-corrected chi connectivity index (χ2v) is 9.10. The summed E-state index contributed by atoms with van der Waals surface area (Å²) < 4.78 is 0. The molecule has 7 heteroatoms. The molecule has 6 nitrogen and oxygen atoms in total. The van der Waals surface area contributed by atoms with Crippen molar-refractivity contribution in [3.63, 3.8) is 0 Å². The number of anilines is 1. The number of thioether (sulfide) groups is 1. The molecule has 1 atom stereocenters. The van der Waals surface area contributed by atoms with Gasteiger partial charge in [0.25, 0.3) is 0 Å². The molecular formula is C28H22N4O2S. The van der Waals surface area contributed by atoms with Crippen molar-refractivity contribution < 1.29 is 9.59 Å². The normalized spacial score (nSPS) is 11.3. The molecule has 0 saturated heterocycles. The van der Waals surface area contributed by atoms with Crippen LogP contribution in [0.2, 0.25) is 0 Å². The molecule has 0 fully saturated rings. The molecule has 1 aromatic heterocycles. The number of nitrogens with one attached hydrogen (secondary N) is 1. The van der Waals surface area contributed by atoms with Gasteiger partial charge in [-0.2, -0.15) is 5.26 Å². The lowest BCUT2D eigenvalue weighted by atomic mass is 9.99. The fourth-order valence-corrected chi connectivity index (χ4v) is 4.43. The molecule has 35 heavy (non-hydrogen) atoms. The van der Waals surface area contributed by atoms with Crippen molar-refractivity contribution in [3.8, 4) is 28.5 Å². The van der Waals surface area contributed by atoms with Crippen LogP contribution in [-0.4, -0.2) is 22.0 Å². The number of nitrogens with two attached hydrogens (primary N) is 1. The quantitative estimate of drug-likeness (QED) is 0.341. The van der Waals surface area contributed by atoms with Gasteiger partial charge < -0.3 is 11.1 Å². The van der Waals surface area contributed by atoms with Crippen molar-refractivity contribution in [2.75, 3.05) is 5.32 Å². The van der Waals surface area contributed by atoms with Crippen molar-refractivity contribution >= 4 is 29.3 Å². The van der Waals surface area contributed by atoms with Crippen LogP contribution in [0.25, 0.3) is 22.4 Å². The number of hydrogen-bond acceptors (Lipinski definition) is 5. The summed E-state index contributed by atoms with van der Waals surface area (Å²) in [6.07, 6.45) is 0. The Kier molecular flexibility index (Phi) is 7.24. The van der Waals surface area contributed by atoms with E-state index in [4.69, 9.17) is 10.7 Å². The van der Waals surface area contributed by atoms with Gasteiger partial charge in [-0.3, -0.25) is 9.59 Å². The van der Waals surface area contributed by atoms with E-state index in [9.17, 15) is 14.9 Å². The topological polar surface area (TPSA) is 109 Å². The van der Waals surface area contributed by atoms with Crippen LogP contribution < -0.4 is 11.1 Å². The van der Waals surface area contributed by atoms with Crippen LogP contribution in [0.1, 0.15) is 22.8 Å². The van der Waals surface area contributed by atoms with Crippen molar-refractivity contribution in [1.29, 1.82) is 5.26 Å². The molecule has 0 aliphatic heterocycles. The molecule has 2 amide bonds. The smallest absolute Gasteiger partial charge is 0.248 e.